The summed E-state index contributed by atoms with van der Waals surface area (Å²) < 4.78 is 0. The molecule has 3 N–H and O–H groups in total. The van der Waals surface area contributed by atoms with Crippen molar-refractivity contribution in [3.05, 3.63) is 34.9 Å². The predicted octanol–water partition coefficient (Wildman–Crippen LogP) is 1.65. The second kappa shape index (κ2) is 4.94. The van der Waals surface area contributed by atoms with E-state index >= 15 is 0 Å². The van der Waals surface area contributed by atoms with E-state index in [4.69, 9.17) is 10.8 Å². The molecule has 0 fully saturated rings. The van der Waals surface area contributed by atoms with Gasteiger partial charge in [0.25, 0.3) is 0 Å². The van der Waals surface area contributed by atoms with Gasteiger partial charge in [0, 0.05) is 6.04 Å². The fourth-order valence-electron chi connectivity index (χ4n) is 1.53. The average molecular weight is 207 g/mol. The number of carbonyl (C=O) groups is 1. The van der Waals surface area contributed by atoms with Crippen molar-refractivity contribution in [2.24, 2.45) is 5.73 Å². The maximum absolute atomic E-state index is 10.4. The molecule has 0 saturated heterocycles. The highest BCUT2D eigenvalue weighted by Crippen LogP contribution is 2.11. The summed E-state index contributed by atoms with van der Waals surface area (Å²) in [6.07, 6.45) is 0.639. The van der Waals surface area contributed by atoms with Gasteiger partial charge in [0.15, 0.2) is 0 Å². The second-order valence-corrected chi connectivity index (χ2v) is 3.98. The number of rotatable bonds is 4. The lowest BCUT2D eigenvalue weighted by atomic mass is 10.00. The topological polar surface area (TPSA) is 63.3 Å². The molecule has 0 amide bonds. The lowest BCUT2D eigenvalue weighted by Crippen LogP contribution is -2.26. The highest BCUT2D eigenvalue weighted by atomic mass is 16.4. The number of hydrogen-bond acceptors (Lipinski definition) is 2. The third-order valence-electron chi connectivity index (χ3n) is 2.51. The van der Waals surface area contributed by atoms with Gasteiger partial charge in [0.2, 0.25) is 0 Å². The molecule has 0 bridgehead atoms. The first-order chi connectivity index (χ1) is 6.99. The Morgan fingerprint density at radius 3 is 2.60 bits per heavy atom. The molecule has 0 aliphatic rings. The molecule has 1 aromatic carbocycles. The number of hydrogen-bond donors (Lipinski definition) is 2. The Labute approximate surface area is 89.9 Å². The monoisotopic (exact) mass is 207 g/mol. The predicted molar refractivity (Wildman–Crippen MR) is 59.8 cm³/mol. The van der Waals surface area contributed by atoms with E-state index < -0.39 is 5.97 Å². The van der Waals surface area contributed by atoms with Crippen molar-refractivity contribution < 1.29 is 9.90 Å². The van der Waals surface area contributed by atoms with E-state index in [9.17, 15) is 4.79 Å². The zero-order valence-corrected chi connectivity index (χ0v) is 9.16. The third-order valence-corrected chi connectivity index (χ3v) is 2.51. The maximum atomic E-state index is 10.4. The average Bonchev–Trinajstić information content (AvgIpc) is 2.10. The molecule has 15 heavy (non-hydrogen) atoms. The number of carboxylic acid groups (broad SMARTS) is 1. The molecular formula is C12H17NO2. The van der Waals surface area contributed by atoms with E-state index in [1.165, 1.54) is 11.1 Å². The number of nitrogens with two attached hydrogens (primary N) is 1. The molecule has 1 atom stereocenters. The van der Waals surface area contributed by atoms with Gasteiger partial charge in [-0.3, -0.25) is 4.79 Å². The van der Waals surface area contributed by atoms with Crippen molar-refractivity contribution in [2.75, 3.05) is 0 Å². The summed E-state index contributed by atoms with van der Waals surface area (Å²) in [7, 11) is 0. The highest BCUT2D eigenvalue weighted by molar-refractivity contribution is 5.67. The second-order valence-electron chi connectivity index (χ2n) is 3.98. The van der Waals surface area contributed by atoms with Crippen LogP contribution in [0.2, 0.25) is 0 Å². The van der Waals surface area contributed by atoms with Crippen LogP contribution in [0.15, 0.2) is 18.2 Å². The first-order valence-electron chi connectivity index (χ1n) is 5.02. The van der Waals surface area contributed by atoms with Crippen LogP contribution in [0.1, 0.15) is 23.1 Å². The number of aryl methyl sites for hydroxylation is 2. The van der Waals surface area contributed by atoms with Crippen LogP contribution in [0.5, 0.6) is 0 Å². The van der Waals surface area contributed by atoms with Crippen LogP contribution in [0.25, 0.3) is 0 Å². The van der Waals surface area contributed by atoms with Crippen LogP contribution >= 0.6 is 0 Å². The fraction of sp³-hybridized carbons (Fsp3) is 0.417. The summed E-state index contributed by atoms with van der Waals surface area (Å²) in [6.45, 7) is 4.10. The smallest absolute Gasteiger partial charge is 0.304 e. The normalized spacial score (nSPS) is 12.5. The van der Waals surface area contributed by atoms with Crippen molar-refractivity contribution in [3.63, 3.8) is 0 Å². The van der Waals surface area contributed by atoms with Crippen molar-refractivity contribution in [3.8, 4) is 0 Å². The van der Waals surface area contributed by atoms with Crippen LogP contribution < -0.4 is 5.73 Å². The Bertz CT molecular complexity index is 361. The van der Waals surface area contributed by atoms with Gasteiger partial charge in [-0.2, -0.15) is 0 Å². The Kier molecular flexibility index (Phi) is 3.86. The minimum Gasteiger partial charge on any atom is -0.481 e. The van der Waals surface area contributed by atoms with Crippen LogP contribution in [-0.2, 0) is 11.2 Å². The van der Waals surface area contributed by atoms with E-state index in [2.05, 4.69) is 13.0 Å². The minimum atomic E-state index is -0.841. The lowest BCUT2D eigenvalue weighted by molar-refractivity contribution is -0.137. The van der Waals surface area contributed by atoms with Gasteiger partial charge in [-0.05, 0) is 37.0 Å². The molecule has 0 heterocycles. The lowest BCUT2D eigenvalue weighted by Gasteiger charge is -2.10. The summed E-state index contributed by atoms with van der Waals surface area (Å²) in [5, 5.41) is 8.58. The van der Waals surface area contributed by atoms with E-state index in [1.54, 1.807) is 0 Å². The van der Waals surface area contributed by atoms with E-state index in [1.807, 2.05) is 19.1 Å². The Hall–Kier alpha value is -1.35. The van der Waals surface area contributed by atoms with E-state index in [-0.39, 0.29) is 12.5 Å². The van der Waals surface area contributed by atoms with Crippen LogP contribution in [-0.4, -0.2) is 17.1 Å². The summed E-state index contributed by atoms with van der Waals surface area (Å²) in [5.74, 6) is -0.841. The first kappa shape index (κ1) is 11.7. The fourth-order valence-corrected chi connectivity index (χ4v) is 1.53. The summed E-state index contributed by atoms with van der Waals surface area (Å²) >= 11 is 0. The van der Waals surface area contributed by atoms with Crippen LogP contribution in [0.4, 0.5) is 0 Å². The van der Waals surface area contributed by atoms with Crippen molar-refractivity contribution in [1.82, 2.24) is 0 Å². The molecule has 0 radical (unpaired) electrons. The molecule has 0 saturated carbocycles. The molecule has 82 valence electrons. The van der Waals surface area contributed by atoms with Gasteiger partial charge in [-0.15, -0.1) is 0 Å². The van der Waals surface area contributed by atoms with Crippen LogP contribution in [0.3, 0.4) is 0 Å². The number of aliphatic carboxylic acids is 1. The summed E-state index contributed by atoms with van der Waals surface area (Å²) in [5.41, 5.74) is 9.28. The maximum Gasteiger partial charge on any atom is 0.304 e. The van der Waals surface area contributed by atoms with Crippen LogP contribution in [0, 0.1) is 13.8 Å². The number of benzene rings is 1. The van der Waals surface area contributed by atoms with Crippen molar-refractivity contribution in [1.29, 1.82) is 0 Å². The molecule has 0 aliphatic carbocycles. The van der Waals surface area contributed by atoms with Gasteiger partial charge in [-0.25, -0.2) is 0 Å². The third kappa shape index (κ3) is 3.72. The zero-order valence-electron chi connectivity index (χ0n) is 9.16. The van der Waals surface area contributed by atoms with Gasteiger partial charge in [-0.1, -0.05) is 18.2 Å². The first-order valence-corrected chi connectivity index (χ1v) is 5.02. The minimum absolute atomic E-state index is 0.0208. The Balaban J connectivity index is 2.64. The number of carboxylic acids is 1. The summed E-state index contributed by atoms with van der Waals surface area (Å²) in [4.78, 5) is 10.4. The summed E-state index contributed by atoms with van der Waals surface area (Å²) in [6, 6.07) is 5.81. The van der Waals surface area contributed by atoms with Gasteiger partial charge in [0.1, 0.15) is 0 Å². The molecule has 1 unspecified atom stereocenters. The van der Waals surface area contributed by atoms with E-state index in [0.29, 0.717) is 6.42 Å². The Morgan fingerprint density at radius 1 is 1.40 bits per heavy atom. The molecule has 3 nitrogen and oxygen atoms in total. The van der Waals surface area contributed by atoms with Gasteiger partial charge in [0.05, 0.1) is 6.42 Å². The zero-order chi connectivity index (χ0) is 11.4. The quantitative estimate of drug-likeness (QED) is 0.789. The molecule has 0 aromatic heterocycles. The molecule has 3 heteroatoms. The Morgan fingerprint density at radius 2 is 2.07 bits per heavy atom. The largest absolute Gasteiger partial charge is 0.481 e. The van der Waals surface area contributed by atoms with E-state index in [0.717, 1.165) is 5.56 Å². The SMILES string of the molecule is Cc1ccc(CC(N)CC(=O)O)cc1C. The highest BCUT2D eigenvalue weighted by Gasteiger charge is 2.09. The van der Waals surface area contributed by atoms with Gasteiger partial charge >= 0.3 is 5.97 Å². The van der Waals surface area contributed by atoms with Crippen molar-refractivity contribution in [2.45, 2.75) is 32.7 Å². The molecule has 1 aromatic rings. The van der Waals surface area contributed by atoms with Gasteiger partial charge < -0.3 is 10.8 Å². The van der Waals surface area contributed by atoms with Crippen molar-refractivity contribution >= 4 is 5.97 Å². The molecule has 0 aliphatic heterocycles. The standard InChI is InChI=1S/C12H17NO2/c1-8-3-4-10(5-9(8)2)6-11(13)7-12(14)15/h3-5,11H,6-7,13H2,1-2H3,(H,14,15). The molecule has 1 rings (SSSR count). The molecular weight excluding hydrogens is 190 g/mol. The molecule has 0 spiro atoms.